The van der Waals surface area contributed by atoms with Crippen LogP contribution in [-0.4, -0.2) is 19.7 Å². The van der Waals surface area contributed by atoms with Crippen molar-refractivity contribution in [3.05, 3.63) is 64.7 Å². The molecule has 0 aromatic heterocycles. The van der Waals surface area contributed by atoms with Crippen molar-refractivity contribution >= 4 is 12.0 Å². The Hall–Kier alpha value is -2.89. The van der Waals surface area contributed by atoms with Gasteiger partial charge in [-0.2, -0.15) is 8.78 Å². The summed E-state index contributed by atoms with van der Waals surface area (Å²) in [6, 6.07) is 10.3. The molecule has 0 bridgehead atoms. The Morgan fingerprint density at radius 3 is 2.58 bits per heavy atom. The monoisotopic (exact) mass is 362 g/mol. The Bertz CT molecular complexity index is 800. The molecule has 0 fully saturated rings. The summed E-state index contributed by atoms with van der Waals surface area (Å²) < 4.78 is 39.2. The average molecular weight is 362 g/mol. The maximum atomic E-state index is 12.3. The molecule has 0 heterocycles. The lowest BCUT2D eigenvalue weighted by atomic mass is 10.1. The number of ether oxygens (including phenoxy) is 3. The standard InChI is InChI=1S/C20H20F2O4/c1-13-4-5-14(2)16(10-13)12-25-19(23)9-7-15-6-8-17(26-20(21)22)18(11-15)24-3/h4-11,20H,12H2,1-3H3/b9-7+. The quantitative estimate of drug-likeness (QED) is 0.530. The number of carbonyl (C=O) groups is 1. The van der Waals surface area contributed by atoms with Gasteiger partial charge in [-0.1, -0.05) is 29.8 Å². The molecule has 2 rings (SSSR count). The van der Waals surface area contributed by atoms with E-state index < -0.39 is 12.6 Å². The van der Waals surface area contributed by atoms with Crippen LogP contribution in [0.2, 0.25) is 0 Å². The van der Waals surface area contributed by atoms with Crippen LogP contribution in [0.3, 0.4) is 0 Å². The maximum Gasteiger partial charge on any atom is 0.387 e. The van der Waals surface area contributed by atoms with Crippen molar-refractivity contribution in [2.75, 3.05) is 7.11 Å². The number of hydrogen-bond donors (Lipinski definition) is 0. The Kier molecular flexibility index (Phi) is 6.72. The van der Waals surface area contributed by atoms with Gasteiger partial charge in [-0.05, 0) is 48.7 Å². The molecule has 0 aliphatic carbocycles. The summed E-state index contributed by atoms with van der Waals surface area (Å²) >= 11 is 0. The Balaban J connectivity index is 2.00. The van der Waals surface area contributed by atoms with Crippen LogP contribution in [0, 0.1) is 13.8 Å². The third-order valence-corrected chi connectivity index (χ3v) is 3.69. The van der Waals surface area contributed by atoms with E-state index in [4.69, 9.17) is 9.47 Å². The van der Waals surface area contributed by atoms with Gasteiger partial charge in [-0.25, -0.2) is 4.79 Å². The second kappa shape index (κ2) is 8.99. The summed E-state index contributed by atoms with van der Waals surface area (Å²) in [5, 5.41) is 0. The minimum absolute atomic E-state index is 0.0721. The summed E-state index contributed by atoms with van der Waals surface area (Å²) in [6.07, 6.45) is 2.79. The molecule has 0 N–H and O–H groups in total. The van der Waals surface area contributed by atoms with Crippen molar-refractivity contribution in [2.24, 2.45) is 0 Å². The molecule has 138 valence electrons. The van der Waals surface area contributed by atoms with E-state index in [1.807, 2.05) is 32.0 Å². The van der Waals surface area contributed by atoms with Gasteiger partial charge in [-0.15, -0.1) is 0 Å². The van der Waals surface area contributed by atoms with Crippen LogP contribution in [0.5, 0.6) is 11.5 Å². The van der Waals surface area contributed by atoms with Crippen molar-refractivity contribution in [3.8, 4) is 11.5 Å². The molecular weight excluding hydrogens is 342 g/mol. The molecule has 0 aliphatic heterocycles. The van der Waals surface area contributed by atoms with E-state index in [2.05, 4.69) is 4.74 Å². The Morgan fingerprint density at radius 2 is 1.88 bits per heavy atom. The summed E-state index contributed by atoms with van der Waals surface area (Å²) in [5.41, 5.74) is 3.68. The number of alkyl halides is 2. The molecule has 6 heteroatoms. The zero-order valence-electron chi connectivity index (χ0n) is 14.8. The van der Waals surface area contributed by atoms with Gasteiger partial charge < -0.3 is 14.2 Å². The fourth-order valence-corrected chi connectivity index (χ4v) is 2.30. The largest absolute Gasteiger partial charge is 0.493 e. The topological polar surface area (TPSA) is 44.8 Å². The van der Waals surface area contributed by atoms with E-state index in [0.717, 1.165) is 16.7 Å². The van der Waals surface area contributed by atoms with E-state index >= 15 is 0 Å². The Labute approximate surface area is 151 Å². The number of methoxy groups -OCH3 is 1. The molecule has 0 saturated carbocycles. The highest BCUT2D eigenvalue weighted by Gasteiger charge is 2.10. The summed E-state index contributed by atoms with van der Waals surface area (Å²) in [6.45, 7) is 1.17. The van der Waals surface area contributed by atoms with Gasteiger partial charge in [0.05, 0.1) is 7.11 Å². The van der Waals surface area contributed by atoms with E-state index in [9.17, 15) is 13.6 Å². The van der Waals surface area contributed by atoms with Crippen LogP contribution in [-0.2, 0) is 16.1 Å². The first-order valence-electron chi connectivity index (χ1n) is 7.93. The molecule has 2 aromatic carbocycles. The van der Waals surface area contributed by atoms with Crippen LogP contribution < -0.4 is 9.47 Å². The fourth-order valence-electron chi connectivity index (χ4n) is 2.30. The summed E-state index contributed by atoms with van der Waals surface area (Å²) in [7, 11) is 1.35. The predicted octanol–water partition coefficient (Wildman–Crippen LogP) is 4.67. The zero-order valence-corrected chi connectivity index (χ0v) is 14.8. The summed E-state index contributed by atoms with van der Waals surface area (Å²) in [4.78, 5) is 11.9. The van der Waals surface area contributed by atoms with Gasteiger partial charge in [0.25, 0.3) is 0 Å². The maximum absolute atomic E-state index is 12.3. The van der Waals surface area contributed by atoms with Crippen LogP contribution in [0.4, 0.5) is 8.78 Å². The van der Waals surface area contributed by atoms with Gasteiger partial charge in [0.2, 0.25) is 0 Å². The molecule has 4 nitrogen and oxygen atoms in total. The second-order valence-electron chi connectivity index (χ2n) is 5.66. The molecule has 2 aromatic rings. The minimum atomic E-state index is -2.94. The molecular formula is C20H20F2O4. The molecule has 0 radical (unpaired) electrons. The first-order valence-corrected chi connectivity index (χ1v) is 7.93. The molecule has 0 amide bonds. The van der Waals surface area contributed by atoms with Crippen molar-refractivity contribution in [1.82, 2.24) is 0 Å². The van der Waals surface area contributed by atoms with E-state index in [1.54, 1.807) is 0 Å². The number of halogens is 2. The number of rotatable bonds is 7. The molecule has 0 atom stereocenters. The Morgan fingerprint density at radius 1 is 1.12 bits per heavy atom. The molecule has 0 saturated heterocycles. The number of aryl methyl sites for hydroxylation is 2. The molecule has 0 spiro atoms. The van der Waals surface area contributed by atoms with Crippen molar-refractivity contribution < 1.29 is 27.8 Å². The first kappa shape index (κ1) is 19.4. The average Bonchev–Trinajstić information content (AvgIpc) is 2.61. The van der Waals surface area contributed by atoms with Crippen LogP contribution in [0.25, 0.3) is 6.08 Å². The SMILES string of the molecule is COc1cc(/C=C/C(=O)OCc2cc(C)ccc2C)ccc1OC(F)F. The van der Waals surface area contributed by atoms with Crippen molar-refractivity contribution in [3.63, 3.8) is 0 Å². The third kappa shape index (κ3) is 5.58. The lowest BCUT2D eigenvalue weighted by molar-refractivity contribution is -0.138. The van der Waals surface area contributed by atoms with Gasteiger partial charge in [0.1, 0.15) is 6.61 Å². The van der Waals surface area contributed by atoms with Gasteiger partial charge in [0.15, 0.2) is 11.5 Å². The van der Waals surface area contributed by atoms with E-state index in [0.29, 0.717) is 5.56 Å². The molecule has 0 aliphatic rings. The highest BCUT2D eigenvalue weighted by atomic mass is 19.3. The van der Waals surface area contributed by atoms with Crippen LogP contribution >= 0.6 is 0 Å². The number of benzene rings is 2. The van der Waals surface area contributed by atoms with Crippen LogP contribution in [0.1, 0.15) is 22.3 Å². The highest BCUT2D eigenvalue weighted by molar-refractivity contribution is 5.87. The van der Waals surface area contributed by atoms with E-state index in [1.165, 1.54) is 37.5 Å². The first-order chi connectivity index (χ1) is 12.4. The van der Waals surface area contributed by atoms with Crippen LogP contribution in [0.15, 0.2) is 42.5 Å². The van der Waals surface area contributed by atoms with Crippen molar-refractivity contribution in [1.29, 1.82) is 0 Å². The minimum Gasteiger partial charge on any atom is -0.493 e. The molecule has 0 unspecified atom stereocenters. The van der Waals surface area contributed by atoms with Gasteiger partial charge >= 0.3 is 12.6 Å². The number of esters is 1. The normalized spacial score (nSPS) is 11.0. The van der Waals surface area contributed by atoms with Crippen molar-refractivity contribution in [2.45, 2.75) is 27.1 Å². The second-order valence-corrected chi connectivity index (χ2v) is 5.66. The van der Waals surface area contributed by atoms with Gasteiger partial charge in [0, 0.05) is 6.08 Å². The smallest absolute Gasteiger partial charge is 0.387 e. The van der Waals surface area contributed by atoms with Gasteiger partial charge in [-0.3, -0.25) is 0 Å². The number of hydrogen-bond acceptors (Lipinski definition) is 4. The highest BCUT2D eigenvalue weighted by Crippen LogP contribution is 2.29. The number of carbonyl (C=O) groups excluding carboxylic acids is 1. The summed E-state index contributed by atoms with van der Waals surface area (Å²) in [5.74, 6) is -0.425. The fraction of sp³-hybridized carbons (Fsp3) is 0.250. The zero-order chi connectivity index (χ0) is 19.1. The predicted molar refractivity (Wildman–Crippen MR) is 94.4 cm³/mol. The van der Waals surface area contributed by atoms with E-state index in [-0.39, 0.29) is 18.1 Å². The molecule has 26 heavy (non-hydrogen) atoms. The lowest BCUT2D eigenvalue weighted by Gasteiger charge is -2.10. The lowest BCUT2D eigenvalue weighted by Crippen LogP contribution is -2.03. The third-order valence-electron chi connectivity index (χ3n) is 3.69.